The summed E-state index contributed by atoms with van der Waals surface area (Å²) >= 11 is 0. The number of rotatable bonds is 5. The zero-order chi connectivity index (χ0) is 19.7. The van der Waals surface area contributed by atoms with Crippen molar-refractivity contribution >= 4 is 15.9 Å². The Morgan fingerprint density at radius 1 is 1.00 bits per heavy atom. The molecule has 0 bridgehead atoms. The number of benzene rings is 1. The smallest absolute Gasteiger partial charge is 0.261 e. The Bertz CT molecular complexity index is 988. The number of aromatic nitrogens is 1. The van der Waals surface area contributed by atoms with E-state index >= 15 is 0 Å². The van der Waals surface area contributed by atoms with Crippen LogP contribution < -0.4 is 0 Å². The van der Waals surface area contributed by atoms with E-state index < -0.39 is 15.9 Å². The quantitative estimate of drug-likeness (QED) is 0.758. The topological polar surface area (TPSA) is 90.8 Å². The minimum Gasteiger partial charge on any atom is -0.395 e. The van der Waals surface area contributed by atoms with Gasteiger partial charge in [0.1, 0.15) is 0 Å². The van der Waals surface area contributed by atoms with Gasteiger partial charge in [-0.25, -0.2) is 13.4 Å². The molecule has 28 heavy (non-hydrogen) atoms. The van der Waals surface area contributed by atoms with Gasteiger partial charge in [0.05, 0.1) is 12.5 Å². The summed E-state index contributed by atoms with van der Waals surface area (Å²) in [7, 11) is -3.65. The number of carbonyl (C=O) groups is 1. The van der Waals surface area contributed by atoms with Crippen molar-refractivity contribution in [3.63, 3.8) is 0 Å². The van der Waals surface area contributed by atoms with E-state index in [1.807, 2.05) is 30.3 Å². The molecule has 0 saturated heterocycles. The van der Waals surface area contributed by atoms with Gasteiger partial charge in [0.25, 0.3) is 10.0 Å². The molecule has 1 amide bonds. The fraction of sp³-hybridized carbons (Fsp3) is 0.300. The van der Waals surface area contributed by atoms with Crippen molar-refractivity contribution < 1.29 is 18.3 Å². The standard InChI is InChI=1S/C20H21N3O4S/c24-14-18(15-6-2-1-3-7-15)20(25)22-10-16-12-23(13-17(16)11-22)28(26,27)19-8-4-5-9-21-19/h1-9,18,24H,10-14H2. The minimum absolute atomic E-state index is 0.0357. The van der Waals surface area contributed by atoms with Crippen molar-refractivity contribution in [1.29, 1.82) is 0 Å². The number of pyridine rings is 1. The fourth-order valence-corrected chi connectivity index (χ4v) is 5.10. The number of carbonyl (C=O) groups excluding carboxylic acids is 1. The fourth-order valence-electron chi connectivity index (χ4n) is 3.74. The molecular weight excluding hydrogens is 378 g/mol. The number of sulfonamides is 1. The molecule has 0 fully saturated rings. The number of hydrogen-bond donors (Lipinski definition) is 1. The van der Waals surface area contributed by atoms with Crippen LogP contribution in [-0.2, 0) is 14.8 Å². The largest absolute Gasteiger partial charge is 0.395 e. The van der Waals surface area contributed by atoms with Crippen LogP contribution in [0.5, 0.6) is 0 Å². The molecule has 2 aliphatic heterocycles. The number of hydrogen-bond acceptors (Lipinski definition) is 5. The maximum atomic E-state index is 12.9. The van der Waals surface area contributed by atoms with Crippen molar-refractivity contribution in [2.75, 3.05) is 32.8 Å². The van der Waals surface area contributed by atoms with Crippen LogP contribution in [0, 0.1) is 0 Å². The third kappa shape index (κ3) is 3.34. The lowest BCUT2D eigenvalue weighted by Gasteiger charge is -2.25. The zero-order valence-corrected chi connectivity index (χ0v) is 16.0. The van der Waals surface area contributed by atoms with E-state index in [9.17, 15) is 18.3 Å². The van der Waals surface area contributed by atoms with Gasteiger partial charge >= 0.3 is 0 Å². The predicted molar refractivity (Wildman–Crippen MR) is 103 cm³/mol. The highest BCUT2D eigenvalue weighted by molar-refractivity contribution is 7.89. The minimum atomic E-state index is -3.65. The van der Waals surface area contributed by atoms with Crippen LogP contribution >= 0.6 is 0 Å². The summed E-state index contributed by atoms with van der Waals surface area (Å²) < 4.78 is 26.9. The summed E-state index contributed by atoms with van der Waals surface area (Å²) in [6, 6.07) is 14.0. The first-order valence-electron chi connectivity index (χ1n) is 9.06. The SMILES string of the molecule is O=C(C(CO)c1ccccc1)N1CC2=C(C1)CN(S(=O)(=O)c1ccccn1)C2. The predicted octanol–water partition coefficient (Wildman–Crippen LogP) is 1.00. The second kappa shape index (κ2) is 7.46. The molecule has 1 aromatic heterocycles. The molecule has 1 unspecified atom stereocenters. The van der Waals surface area contributed by atoms with Crippen molar-refractivity contribution in [3.05, 3.63) is 71.4 Å². The molecule has 1 N–H and O–H groups in total. The molecule has 4 rings (SSSR count). The summed E-state index contributed by atoms with van der Waals surface area (Å²) in [6.45, 7) is 1.07. The van der Waals surface area contributed by atoms with Crippen molar-refractivity contribution in [1.82, 2.24) is 14.2 Å². The van der Waals surface area contributed by atoms with E-state index in [2.05, 4.69) is 4.98 Å². The maximum absolute atomic E-state index is 12.9. The van der Waals surface area contributed by atoms with Crippen molar-refractivity contribution in [2.45, 2.75) is 10.9 Å². The molecular formula is C20H21N3O4S. The Morgan fingerprint density at radius 3 is 2.21 bits per heavy atom. The van der Waals surface area contributed by atoms with Gasteiger partial charge in [0, 0.05) is 32.4 Å². The second-order valence-electron chi connectivity index (χ2n) is 6.99. The molecule has 1 aromatic carbocycles. The lowest BCUT2D eigenvalue weighted by molar-refractivity contribution is -0.132. The first kappa shape index (κ1) is 18.8. The van der Waals surface area contributed by atoms with Crippen LogP contribution in [0.1, 0.15) is 11.5 Å². The van der Waals surface area contributed by atoms with Crippen LogP contribution in [0.2, 0.25) is 0 Å². The van der Waals surface area contributed by atoms with Crippen LogP contribution in [0.3, 0.4) is 0 Å². The molecule has 0 radical (unpaired) electrons. The average Bonchev–Trinajstić information content (AvgIpc) is 3.30. The van der Waals surface area contributed by atoms with Gasteiger partial charge in [-0.05, 0) is 28.8 Å². The van der Waals surface area contributed by atoms with Crippen molar-refractivity contribution in [3.8, 4) is 0 Å². The molecule has 3 heterocycles. The van der Waals surface area contributed by atoms with Crippen LogP contribution in [0.15, 0.2) is 70.9 Å². The number of nitrogens with zero attached hydrogens (tertiary/aromatic N) is 3. The van der Waals surface area contributed by atoms with E-state index in [0.29, 0.717) is 13.1 Å². The monoisotopic (exact) mass is 399 g/mol. The van der Waals surface area contributed by atoms with Gasteiger partial charge in [-0.1, -0.05) is 36.4 Å². The molecule has 0 spiro atoms. The molecule has 7 nitrogen and oxygen atoms in total. The van der Waals surface area contributed by atoms with E-state index in [0.717, 1.165) is 16.7 Å². The average molecular weight is 399 g/mol. The first-order chi connectivity index (χ1) is 13.5. The summed E-state index contributed by atoms with van der Waals surface area (Å²) in [5.74, 6) is -0.739. The Kier molecular flexibility index (Phi) is 5.01. The van der Waals surface area contributed by atoms with Gasteiger partial charge in [-0.15, -0.1) is 0 Å². The van der Waals surface area contributed by atoms with Gasteiger partial charge in [-0.3, -0.25) is 4.79 Å². The molecule has 146 valence electrons. The van der Waals surface area contributed by atoms with E-state index in [1.165, 1.54) is 16.6 Å². The van der Waals surface area contributed by atoms with Crippen molar-refractivity contribution in [2.24, 2.45) is 0 Å². The summed E-state index contributed by atoms with van der Waals surface area (Å²) in [5.41, 5.74) is 2.69. The molecule has 0 aliphatic carbocycles. The summed E-state index contributed by atoms with van der Waals surface area (Å²) in [5, 5.41) is 9.77. The lowest BCUT2D eigenvalue weighted by atomic mass is 9.98. The van der Waals surface area contributed by atoms with Gasteiger partial charge in [0.15, 0.2) is 5.03 Å². The molecule has 2 aromatic rings. The van der Waals surface area contributed by atoms with Crippen LogP contribution in [-0.4, -0.2) is 66.4 Å². The number of aliphatic hydroxyl groups is 1. The third-order valence-electron chi connectivity index (χ3n) is 5.23. The summed E-state index contributed by atoms with van der Waals surface area (Å²) in [4.78, 5) is 18.6. The highest BCUT2D eigenvalue weighted by atomic mass is 32.2. The zero-order valence-electron chi connectivity index (χ0n) is 15.2. The third-order valence-corrected chi connectivity index (χ3v) is 6.94. The lowest BCUT2D eigenvalue weighted by Crippen LogP contribution is -2.39. The number of aliphatic hydroxyl groups excluding tert-OH is 1. The Balaban J connectivity index is 1.44. The second-order valence-corrected chi connectivity index (χ2v) is 8.87. The molecule has 0 saturated carbocycles. The van der Waals surface area contributed by atoms with Gasteiger partial charge in [0.2, 0.25) is 5.91 Å². The van der Waals surface area contributed by atoms with Gasteiger partial charge < -0.3 is 10.0 Å². The maximum Gasteiger partial charge on any atom is 0.261 e. The highest BCUT2D eigenvalue weighted by Gasteiger charge is 2.39. The number of amides is 1. The van der Waals surface area contributed by atoms with Gasteiger partial charge in [-0.2, -0.15) is 4.31 Å². The summed E-state index contributed by atoms with van der Waals surface area (Å²) in [6.07, 6.45) is 1.46. The van der Waals surface area contributed by atoms with Crippen LogP contribution in [0.4, 0.5) is 0 Å². The first-order valence-corrected chi connectivity index (χ1v) is 10.5. The van der Waals surface area contributed by atoms with Crippen LogP contribution in [0.25, 0.3) is 0 Å². The molecule has 2 aliphatic rings. The molecule has 1 atom stereocenters. The normalized spacial score (nSPS) is 18.4. The van der Waals surface area contributed by atoms with E-state index in [-0.39, 0.29) is 30.6 Å². The van der Waals surface area contributed by atoms with E-state index in [1.54, 1.807) is 17.0 Å². The molecule has 8 heteroatoms. The Morgan fingerprint density at radius 2 is 1.64 bits per heavy atom. The Labute approximate surface area is 164 Å². The highest BCUT2D eigenvalue weighted by Crippen LogP contribution is 2.31. The van der Waals surface area contributed by atoms with E-state index in [4.69, 9.17) is 0 Å². The Hall–Kier alpha value is -2.55.